The number of nitrogens with one attached hydrogen (secondary N) is 1. The molecule has 0 aromatic heterocycles. The molecular weight excluding hydrogens is 230 g/mol. The minimum absolute atomic E-state index is 0.0127. The zero-order valence-corrected chi connectivity index (χ0v) is 11.0. The number of amides is 1. The summed E-state index contributed by atoms with van der Waals surface area (Å²) in [7, 11) is 1.62. The molecule has 0 fully saturated rings. The fraction of sp³-hybridized carbons (Fsp3) is 0.500. The standard InChI is InChI=1S/C14H21NO3/c1-11(15-14(17)8-3-4-9-16)12-6-5-7-13(10-12)18-2/h5-7,10-11,16H,3-4,8-9H2,1-2H3,(H,15,17)/t11-/m1/s1. The highest BCUT2D eigenvalue weighted by Gasteiger charge is 2.09. The maximum Gasteiger partial charge on any atom is 0.220 e. The third-order valence-corrected chi connectivity index (χ3v) is 2.78. The predicted molar refractivity (Wildman–Crippen MR) is 70.5 cm³/mol. The number of aliphatic hydroxyl groups excluding tert-OH is 1. The Morgan fingerprint density at radius 3 is 2.89 bits per heavy atom. The monoisotopic (exact) mass is 251 g/mol. The third-order valence-electron chi connectivity index (χ3n) is 2.78. The van der Waals surface area contributed by atoms with Gasteiger partial charge in [-0.15, -0.1) is 0 Å². The highest BCUT2D eigenvalue weighted by molar-refractivity contribution is 5.76. The summed E-state index contributed by atoms with van der Waals surface area (Å²) in [6.07, 6.45) is 1.84. The highest BCUT2D eigenvalue weighted by atomic mass is 16.5. The van der Waals surface area contributed by atoms with E-state index in [1.54, 1.807) is 7.11 Å². The van der Waals surface area contributed by atoms with Crippen molar-refractivity contribution in [3.05, 3.63) is 29.8 Å². The van der Waals surface area contributed by atoms with E-state index in [-0.39, 0.29) is 18.6 Å². The molecule has 0 radical (unpaired) electrons. The fourth-order valence-corrected chi connectivity index (χ4v) is 1.71. The molecule has 0 saturated heterocycles. The van der Waals surface area contributed by atoms with Crippen LogP contribution >= 0.6 is 0 Å². The van der Waals surface area contributed by atoms with Gasteiger partial charge in [0, 0.05) is 13.0 Å². The van der Waals surface area contributed by atoms with Gasteiger partial charge in [-0.05, 0) is 37.5 Å². The van der Waals surface area contributed by atoms with Gasteiger partial charge in [0.2, 0.25) is 5.91 Å². The lowest BCUT2D eigenvalue weighted by atomic mass is 10.1. The van der Waals surface area contributed by atoms with Crippen LogP contribution in [0.15, 0.2) is 24.3 Å². The zero-order valence-electron chi connectivity index (χ0n) is 11.0. The minimum atomic E-state index is -0.0401. The normalized spacial score (nSPS) is 11.9. The summed E-state index contributed by atoms with van der Waals surface area (Å²) in [5, 5.41) is 11.6. The summed E-state index contributed by atoms with van der Waals surface area (Å²) in [6, 6.07) is 7.61. The molecular formula is C14H21NO3. The van der Waals surface area contributed by atoms with Crippen LogP contribution < -0.4 is 10.1 Å². The van der Waals surface area contributed by atoms with Gasteiger partial charge in [0.25, 0.3) is 0 Å². The van der Waals surface area contributed by atoms with Crippen molar-refractivity contribution in [2.24, 2.45) is 0 Å². The first kappa shape index (κ1) is 14.5. The van der Waals surface area contributed by atoms with Gasteiger partial charge in [0.1, 0.15) is 5.75 Å². The van der Waals surface area contributed by atoms with E-state index >= 15 is 0 Å². The van der Waals surface area contributed by atoms with Crippen LogP contribution in [0.5, 0.6) is 5.75 Å². The molecule has 0 bridgehead atoms. The van der Waals surface area contributed by atoms with Gasteiger partial charge in [0.15, 0.2) is 0 Å². The van der Waals surface area contributed by atoms with Crippen molar-refractivity contribution in [3.63, 3.8) is 0 Å². The molecule has 2 N–H and O–H groups in total. The van der Waals surface area contributed by atoms with Crippen molar-refractivity contribution >= 4 is 5.91 Å². The van der Waals surface area contributed by atoms with E-state index < -0.39 is 0 Å². The maximum absolute atomic E-state index is 11.6. The van der Waals surface area contributed by atoms with Crippen LogP contribution in [-0.2, 0) is 4.79 Å². The molecule has 0 unspecified atom stereocenters. The fourth-order valence-electron chi connectivity index (χ4n) is 1.71. The van der Waals surface area contributed by atoms with E-state index in [4.69, 9.17) is 9.84 Å². The number of benzene rings is 1. The van der Waals surface area contributed by atoms with Crippen LogP contribution in [0.3, 0.4) is 0 Å². The van der Waals surface area contributed by atoms with Crippen LogP contribution in [0, 0.1) is 0 Å². The molecule has 18 heavy (non-hydrogen) atoms. The number of aliphatic hydroxyl groups is 1. The van der Waals surface area contributed by atoms with Crippen LogP contribution in [0.2, 0.25) is 0 Å². The first-order valence-corrected chi connectivity index (χ1v) is 6.21. The van der Waals surface area contributed by atoms with E-state index in [9.17, 15) is 4.79 Å². The number of carbonyl (C=O) groups is 1. The molecule has 4 nitrogen and oxygen atoms in total. The largest absolute Gasteiger partial charge is 0.497 e. The molecule has 0 aliphatic rings. The first-order valence-electron chi connectivity index (χ1n) is 6.21. The van der Waals surface area contributed by atoms with Crippen molar-refractivity contribution < 1.29 is 14.6 Å². The van der Waals surface area contributed by atoms with E-state index in [1.165, 1.54) is 0 Å². The van der Waals surface area contributed by atoms with Crippen molar-refractivity contribution in [2.45, 2.75) is 32.2 Å². The summed E-state index contributed by atoms with van der Waals surface area (Å²) in [4.78, 5) is 11.6. The highest BCUT2D eigenvalue weighted by Crippen LogP contribution is 2.18. The maximum atomic E-state index is 11.6. The van der Waals surface area contributed by atoms with Gasteiger partial charge in [-0.1, -0.05) is 12.1 Å². The Kier molecular flexibility index (Phi) is 6.22. The number of hydrogen-bond donors (Lipinski definition) is 2. The van der Waals surface area contributed by atoms with Gasteiger partial charge in [-0.25, -0.2) is 0 Å². The molecule has 100 valence electrons. The minimum Gasteiger partial charge on any atom is -0.497 e. The van der Waals surface area contributed by atoms with Gasteiger partial charge in [-0.3, -0.25) is 4.79 Å². The second kappa shape index (κ2) is 7.71. The molecule has 1 aromatic carbocycles. The van der Waals surface area contributed by atoms with E-state index in [2.05, 4.69) is 5.32 Å². The topological polar surface area (TPSA) is 58.6 Å². The molecule has 0 heterocycles. The van der Waals surface area contributed by atoms with Gasteiger partial charge in [0.05, 0.1) is 13.2 Å². The Morgan fingerprint density at radius 2 is 2.22 bits per heavy atom. The molecule has 1 amide bonds. The summed E-state index contributed by atoms with van der Waals surface area (Å²) >= 11 is 0. The smallest absolute Gasteiger partial charge is 0.220 e. The van der Waals surface area contributed by atoms with Crippen molar-refractivity contribution in [2.75, 3.05) is 13.7 Å². The SMILES string of the molecule is COc1cccc([C@@H](C)NC(=O)CCCCO)c1. The Morgan fingerprint density at radius 1 is 1.44 bits per heavy atom. The quantitative estimate of drug-likeness (QED) is 0.729. The predicted octanol–water partition coefficient (Wildman–Crippen LogP) is 2.04. The van der Waals surface area contributed by atoms with Crippen LogP contribution in [-0.4, -0.2) is 24.7 Å². The van der Waals surface area contributed by atoms with Gasteiger partial charge >= 0.3 is 0 Å². The molecule has 0 saturated carbocycles. The van der Waals surface area contributed by atoms with Crippen molar-refractivity contribution in [1.29, 1.82) is 0 Å². The van der Waals surface area contributed by atoms with E-state index in [1.807, 2.05) is 31.2 Å². The number of unbranched alkanes of at least 4 members (excludes halogenated alkanes) is 1. The Balaban J connectivity index is 2.48. The second-order valence-electron chi connectivity index (χ2n) is 4.25. The summed E-state index contributed by atoms with van der Waals surface area (Å²) in [5.41, 5.74) is 1.02. The average Bonchev–Trinajstić information content (AvgIpc) is 2.39. The van der Waals surface area contributed by atoms with E-state index in [0.29, 0.717) is 19.3 Å². The van der Waals surface area contributed by atoms with E-state index in [0.717, 1.165) is 11.3 Å². The molecule has 0 aliphatic heterocycles. The summed E-state index contributed by atoms with van der Waals surface area (Å²) in [5.74, 6) is 0.799. The number of rotatable bonds is 7. The average molecular weight is 251 g/mol. The van der Waals surface area contributed by atoms with Crippen LogP contribution in [0.4, 0.5) is 0 Å². The van der Waals surface area contributed by atoms with Crippen LogP contribution in [0.1, 0.15) is 37.8 Å². The van der Waals surface area contributed by atoms with Crippen molar-refractivity contribution in [3.8, 4) is 5.75 Å². The lowest BCUT2D eigenvalue weighted by molar-refractivity contribution is -0.121. The Bertz CT molecular complexity index is 379. The van der Waals surface area contributed by atoms with Crippen molar-refractivity contribution in [1.82, 2.24) is 5.32 Å². The molecule has 1 rings (SSSR count). The lowest BCUT2D eigenvalue weighted by Crippen LogP contribution is -2.26. The number of hydrogen-bond acceptors (Lipinski definition) is 3. The second-order valence-corrected chi connectivity index (χ2v) is 4.25. The first-order chi connectivity index (χ1) is 8.67. The Hall–Kier alpha value is -1.55. The number of ether oxygens (including phenoxy) is 1. The number of methoxy groups -OCH3 is 1. The molecule has 0 spiro atoms. The van der Waals surface area contributed by atoms with Crippen LogP contribution in [0.25, 0.3) is 0 Å². The third kappa shape index (κ3) is 4.75. The molecule has 4 heteroatoms. The molecule has 1 aromatic rings. The number of carbonyl (C=O) groups excluding carboxylic acids is 1. The van der Waals surface area contributed by atoms with Gasteiger partial charge < -0.3 is 15.2 Å². The zero-order chi connectivity index (χ0) is 13.4. The molecule has 0 aliphatic carbocycles. The molecule has 1 atom stereocenters. The lowest BCUT2D eigenvalue weighted by Gasteiger charge is -2.15. The summed E-state index contributed by atoms with van der Waals surface area (Å²) in [6.45, 7) is 2.08. The Labute approximate surface area is 108 Å². The summed E-state index contributed by atoms with van der Waals surface area (Å²) < 4.78 is 5.15. The van der Waals surface area contributed by atoms with Gasteiger partial charge in [-0.2, -0.15) is 0 Å².